The lowest BCUT2D eigenvalue weighted by Crippen LogP contribution is -2.24. The Morgan fingerprint density at radius 3 is 2.18 bits per heavy atom. The quantitative estimate of drug-likeness (QED) is 0.178. The third-order valence-electron chi connectivity index (χ3n) is 5.64. The number of nitrogens with zero attached hydrogens (tertiary/aromatic N) is 2. The summed E-state index contributed by atoms with van der Waals surface area (Å²) in [6.45, 7) is 0.424. The van der Waals surface area contributed by atoms with Crippen LogP contribution in [0.25, 0.3) is 22.5 Å². The molecule has 0 aliphatic carbocycles. The first-order valence-electron chi connectivity index (χ1n) is 11.8. The number of benzene rings is 3. The first-order chi connectivity index (χ1) is 18.6. The van der Waals surface area contributed by atoms with Crippen molar-refractivity contribution in [3.8, 4) is 34.0 Å². The number of carbonyl (C=O) groups excluding carboxylic acids is 1. The number of ether oxygens (including phenoxy) is 1. The maximum Gasteiger partial charge on any atom is 0.224 e. The van der Waals surface area contributed by atoms with E-state index in [1.807, 2.05) is 91.0 Å². The van der Waals surface area contributed by atoms with E-state index in [1.165, 1.54) is 0 Å². The molecule has 38 heavy (non-hydrogen) atoms. The third-order valence-corrected chi connectivity index (χ3v) is 5.64. The average molecular weight is 525 g/mol. The number of para-hydroxylation sites is 1. The zero-order valence-electron chi connectivity index (χ0n) is 20.5. The minimum atomic E-state index is -0.0969. The molecule has 2 aromatic heterocycles. The number of pyridine rings is 1. The zero-order valence-corrected chi connectivity index (χ0v) is 21.4. The number of thiol groups is 1. The second kappa shape index (κ2) is 13.1. The van der Waals surface area contributed by atoms with Crippen molar-refractivity contribution in [3.05, 3.63) is 115 Å². The first-order valence-corrected chi connectivity index (χ1v) is 12.4. The summed E-state index contributed by atoms with van der Waals surface area (Å²) in [4.78, 5) is 24.4. The van der Waals surface area contributed by atoms with Crippen LogP contribution in [0, 0.1) is 0 Å². The van der Waals surface area contributed by atoms with Crippen molar-refractivity contribution in [2.24, 2.45) is 5.14 Å². The van der Waals surface area contributed by atoms with Crippen LogP contribution >= 0.6 is 12.8 Å². The number of nitrogens with one attached hydrogen (secondary N) is 2. The lowest BCUT2D eigenvalue weighted by molar-refractivity contribution is -0.120. The van der Waals surface area contributed by atoms with E-state index in [-0.39, 0.29) is 12.3 Å². The molecule has 8 nitrogen and oxygen atoms in total. The van der Waals surface area contributed by atoms with E-state index in [1.54, 1.807) is 12.4 Å². The van der Waals surface area contributed by atoms with Crippen molar-refractivity contribution in [1.29, 1.82) is 0 Å². The van der Waals surface area contributed by atoms with Crippen molar-refractivity contribution in [2.45, 2.75) is 13.0 Å². The molecule has 0 bridgehead atoms. The molecule has 3 aromatic carbocycles. The lowest BCUT2D eigenvalue weighted by Gasteiger charge is -2.13. The largest absolute Gasteiger partial charge is 0.455 e. The van der Waals surface area contributed by atoms with E-state index >= 15 is 0 Å². The van der Waals surface area contributed by atoms with Gasteiger partial charge >= 0.3 is 0 Å². The molecule has 1 amide bonds. The predicted octanol–water partition coefficient (Wildman–Crippen LogP) is 5.16. The fraction of sp³-hybridized carbons (Fsp3) is 0.0690. The van der Waals surface area contributed by atoms with Crippen molar-refractivity contribution in [3.63, 3.8) is 0 Å². The van der Waals surface area contributed by atoms with Gasteiger partial charge in [-0.2, -0.15) is 0 Å². The molecule has 0 saturated carbocycles. The Labute approximate surface area is 226 Å². The third kappa shape index (κ3) is 7.00. The summed E-state index contributed by atoms with van der Waals surface area (Å²) in [5.41, 5.74) is 10.9. The van der Waals surface area contributed by atoms with Crippen LogP contribution in [0.1, 0.15) is 11.1 Å². The number of nitrogen functional groups attached to an aromatic ring is 1. The minimum Gasteiger partial charge on any atom is -0.455 e. The topological polar surface area (TPSA) is 132 Å². The van der Waals surface area contributed by atoms with E-state index in [9.17, 15) is 4.79 Å². The Morgan fingerprint density at radius 1 is 0.842 bits per heavy atom. The number of amides is 1. The van der Waals surface area contributed by atoms with Gasteiger partial charge in [0.1, 0.15) is 11.4 Å². The van der Waals surface area contributed by atoms with Crippen LogP contribution in [0.5, 0.6) is 11.5 Å². The number of H-pyrrole nitrogens is 1. The molecule has 6 N–H and O–H groups in total. The second-order valence-electron chi connectivity index (χ2n) is 8.30. The number of anilines is 1. The van der Waals surface area contributed by atoms with Gasteiger partial charge in [-0.1, -0.05) is 72.8 Å². The summed E-state index contributed by atoms with van der Waals surface area (Å²) < 4.78 is 6.16. The van der Waals surface area contributed by atoms with Crippen LogP contribution < -0.4 is 20.9 Å². The average Bonchev–Trinajstić information content (AvgIpc) is 3.41. The molecule has 0 aliphatic heterocycles. The van der Waals surface area contributed by atoms with Crippen LogP contribution in [-0.4, -0.2) is 20.9 Å². The number of hydrogen-bond acceptors (Lipinski definition) is 7. The van der Waals surface area contributed by atoms with Gasteiger partial charge in [-0.05, 0) is 34.9 Å². The molecule has 5 aromatic rings. The number of aromatic nitrogens is 3. The van der Waals surface area contributed by atoms with Crippen LogP contribution in [0.15, 0.2) is 103 Å². The summed E-state index contributed by atoms with van der Waals surface area (Å²) in [5, 5.41) is 7.17. The van der Waals surface area contributed by atoms with Gasteiger partial charge in [-0.25, -0.2) is 4.98 Å². The molecule has 9 heteroatoms. The van der Waals surface area contributed by atoms with Gasteiger partial charge in [-0.15, -0.1) is 12.8 Å². The SMILES string of the molecule is NS.Nc1ncc(-c2ccc(CNC(=O)Cc3cnc(-c4ccccc4)c(Oc4ccccc4)c3)cc2)[nH]1. The van der Waals surface area contributed by atoms with Gasteiger partial charge < -0.3 is 20.8 Å². The Bertz CT molecular complexity index is 1460. The molecule has 2 heterocycles. The summed E-state index contributed by atoms with van der Waals surface area (Å²) in [6, 6.07) is 29.1. The molecule has 0 radical (unpaired) electrons. The van der Waals surface area contributed by atoms with E-state index in [0.29, 0.717) is 24.0 Å². The summed E-state index contributed by atoms with van der Waals surface area (Å²) in [6.07, 6.45) is 3.61. The van der Waals surface area contributed by atoms with Gasteiger partial charge in [0.2, 0.25) is 5.91 Å². The van der Waals surface area contributed by atoms with Gasteiger partial charge in [0, 0.05) is 18.3 Å². The molecule has 0 saturated heterocycles. The highest BCUT2D eigenvalue weighted by Crippen LogP contribution is 2.32. The van der Waals surface area contributed by atoms with Crippen LogP contribution in [0.3, 0.4) is 0 Å². The molecule has 0 spiro atoms. The fourth-order valence-electron chi connectivity index (χ4n) is 3.82. The molecular weight excluding hydrogens is 496 g/mol. The smallest absolute Gasteiger partial charge is 0.224 e. The first kappa shape index (κ1) is 26.5. The minimum absolute atomic E-state index is 0.0969. The van der Waals surface area contributed by atoms with Gasteiger partial charge in [0.25, 0.3) is 0 Å². The van der Waals surface area contributed by atoms with E-state index < -0.39 is 0 Å². The Kier molecular flexibility index (Phi) is 9.12. The van der Waals surface area contributed by atoms with Gasteiger partial charge in [-0.3, -0.25) is 14.9 Å². The lowest BCUT2D eigenvalue weighted by atomic mass is 10.1. The maximum atomic E-state index is 12.7. The van der Waals surface area contributed by atoms with Gasteiger partial charge in [0.05, 0.1) is 18.3 Å². The number of imidazole rings is 1. The molecule has 192 valence electrons. The molecular formula is C29H28N6O2S. The van der Waals surface area contributed by atoms with Gasteiger partial charge in [0.15, 0.2) is 11.7 Å². The van der Waals surface area contributed by atoms with E-state index in [0.717, 1.165) is 33.6 Å². The zero-order chi connectivity index (χ0) is 26.7. The van der Waals surface area contributed by atoms with Crippen molar-refractivity contribution in [2.75, 3.05) is 5.73 Å². The number of aromatic amines is 1. The normalized spacial score (nSPS) is 10.3. The standard InChI is InChI=1S/C29H25N5O2.H3NS/c30-29-33-19-25(34-29)22-13-11-20(12-14-22)17-31-27(35)16-21-15-26(36-24-9-5-2-6-10-24)28(32-18-21)23-7-3-1-4-8-23;1-2/h1-15,18-19H,16-17H2,(H,31,35)(H3,30,33,34);2H,1H2. The number of nitrogens with two attached hydrogens (primary N) is 2. The van der Waals surface area contributed by atoms with Crippen LogP contribution in [-0.2, 0) is 17.8 Å². The predicted molar refractivity (Wildman–Crippen MR) is 153 cm³/mol. The van der Waals surface area contributed by atoms with Crippen LogP contribution in [0.2, 0.25) is 0 Å². The number of carbonyl (C=O) groups is 1. The Morgan fingerprint density at radius 2 is 1.53 bits per heavy atom. The maximum absolute atomic E-state index is 12.7. The van der Waals surface area contributed by atoms with E-state index in [4.69, 9.17) is 10.5 Å². The Balaban J connectivity index is 0.00000164. The van der Waals surface area contributed by atoms with Crippen molar-refractivity contribution >= 4 is 24.7 Å². The molecule has 0 aliphatic rings. The highest BCUT2D eigenvalue weighted by atomic mass is 32.1. The summed E-state index contributed by atoms with van der Waals surface area (Å²) >= 11 is 3.03. The van der Waals surface area contributed by atoms with Crippen molar-refractivity contribution < 1.29 is 9.53 Å². The summed E-state index contributed by atoms with van der Waals surface area (Å²) in [7, 11) is 0. The molecule has 0 unspecified atom stereocenters. The highest BCUT2D eigenvalue weighted by molar-refractivity contribution is 7.77. The number of rotatable bonds is 8. The van der Waals surface area contributed by atoms with Crippen molar-refractivity contribution in [1.82, 2.24) is 20.3 Å². The Hall–Kier alpha value is -4.60. The second-order valence-corrected chi connectivity index (χ2v) is 8.30. The monoisotopic (exact) mass is 524 g/mol. The summed E-state index contributed by atoms with van der Waals surface area (Å²) in [5.74, 6) is 1.59. The molecule has 0 atom stereocenters. The number of hydrogen-bond donors (Lipinski definition) is 5. The van der Waals surface area contributed by atoms with E-state index in [2.05, 4.69) is 38.2 Å². The molecule has 0 fully saturated rings. The van der Waals surface area contributed by atoms with Crippen LogP contribution in [0.4, 0.5) is 5.95 Å². The highest BCUT2D eigenvalue weighted by Gasteiger charge is 2.13. The fourth-order valence-corrected chi connectivity index (χ4v) is 3.82. The molecule has 5 rings (SSSR count).